The van der Waals surface area contributed by atoms with E-state index in [1.807, 2.05) is 0 Å². The molecule has 1 fully saturated rings. The number of nitrogens with zero attached hydrogens (tertiary/aromatic N) is 4. The van der Waals surface area contributed by atoms with Crippen LogP contribution in [0.1, 0.15) is 65.7 Å². The van der Waals surface area contributed by atoms with E-state index in [2.05, 4.69) is 26.0 Å². The van der Waals surface area contributed by atoms with Gasteiger partial charge in [-0.05, 0) is 58.1 Å². The average molecular weight is 409 g/mol. The van der Waals surface area contributed by atoms with Crippen molar-refractivity contribution in [2.45, 2.75) is 83.9 Å². The molecule has 1 aliphatic carbocycles. The van der Waals surface area contributed by atoms with Gasteiger partial charge in [-0.25, -0.2) is 4.79 Å². The largest absolute Gasteiger partial charge is 0.444 e. The Balaban J connectivity index is 1.80. The highest BCUT2D eigenvalue weighted by Gasteiger charge is 2.27. The first-order valence-electron chi connectivity index (χ1n) is 10.3. The van der Waals surface area contributed by atoms with Crippen molar-refractivity contribution in [3.8, 4) is 0 Å². The smallest absolute Gasteiger partial charge is 0.407 e. The second-order valence-corrected chi connectivity index (χ2v) is 8.40. The van der Waals surface area contributed by atoms with Crippen LogP contribution < -0.4 is 10.6 Å². The zero-order valence-corrected chi connectivity index (χ0v) is 17.5. The summed E-state index contributed by atoms with van der Waals surface area (Å²) >= 11 is 0. The van der Waals surface area contributed by atoms with Crippen molar-refractivity contribution in [3.05, 3.63) is 6.33 Å². The summed E-state index contributed by atoms with van der Waals surface area (Å²) in [4.78, 5) is 38.0. The quantitative estimate of drug-likeness (QED) is 0.563. The first-order valence-corrected chi connectivity index (χ1v) is 10.3. The SMILES string of the molecule is CC(C)(C)OC(=O)NCCCCC(NC(=O)C1CCCC1)C(=O)Cn1ncnn1. The van der Waals surface area contributed by atoms with Gasteiger partial charge in [-0.2, -0.15) is 4.80 Å². The maximum Gasteiger partial charge on any atom is 0.407 e. The normalized spacial score (nSPS) is 15.7. The number of nitrogens with one attached hydrogen (secondary N) is 2. The Morgan fingerprint density at radius 3 is 2.55 bits per heavy atom. The Morgan fingerprint density at radius 1 is 1.21 bits per heavy atom. The number of hydrogen-bond acceptors (Lipinski definition) is 7. The van der Waals surface area contributed by atoms with Gasteiger partial charge in [0.25, 0.3) is 0 Å². The zero-order chi connectivity index (χ0) is 21.3. The average Bonchev–Trinajstić information content (AvgIpc) is 3.32. The molecule has 1 saturated carbocycles. The lowest BCUT2D eigenvalue weighted by Crippen LogP contribution is -2.44. The molecule has 0 bridgehead atoms. The molecule has 1 aromatic heterocycles. The van der Waals surface area contributed by atoms with Gasteiger partial charge in [0.05, 0.1) is 6.04 Å². The van der Waals surface area contributed by atoms with Gasteiger partial charge < -0.3 is 15.4 Å². The van der Waals surface area contributed by atoms with Crippen LogP contribution in [0.5, 0.6) is 0 Å². The molecule has 0 aliphatic heterocycles. The minimum absolute atomic E-state index is 0.0105. The lowest BCUT2D eigenvalue weighted by molar-refractivity contribution is -0.130. The van der Waals surface area contributed by atoms with E-state index < -0.39 is 17.7 Å². The van der Waals surface area contributed by atoms with Gasteiger partial charge in [0.15, 0.2) is 12.1 Å². The van der Waals surface area contributed by atoms with Crippen LogP contribution in [0, 0.1) is 5.92 Å². The predicted molar refractivity (Wildman–Crippen MR) is 105 cm³/mol. The third kappa shape index (κ3) is 8.57. The van der Waals surface area contributed by atoms with Gasteiger partial charge in [-0.15, -0.1) is 10.2 Å². The maximum atomic E-state index is 12.7. The first kappa shape index (κ1) is 22.8. The van der Waals surface area contributed by atoms with Crippen molar-refractivity contribution >= 4 is 17.8 Å². The number of hydrogen-bond donors (Lipinski definition) is 2. The fourth-order valence-electron chi connectivity index (χ4n) is 3.28. The topological polar surface area (TPSA) is 128 Å². The Labute approximate surface area is 171 Å². The number of alkyl carbamates (subject to hydrolysis) is 1. The minimum Gasteiger partial charge on any atom is -0.444 e. The van der Waals surface area contributed by atoms with Crippen molar-refractivity contribution < 1.29 is 19.1 Å². The molecule has 0 saturated heterocycles. The molecule has 1 unspecified atom stereocenters. The Kier molecular flexibility index (Phi) is 8.53. The van der Waals surface area contributed by atoms with Crippen molar-refractivity contribution in [2.24, 2.45) is 5.92 Å². The van der Waals surface area contributed by atoms with Crippen LogP contribution in [0.4, 0.5) is 4.79 Å². The van der Waals surface area contributed by atoms with Crippen molar-refractivity contribution in [3.63, 3.8) is 0 Å². The number of tetrazole rings is 1. The molecule has 0 aromatic carbocycles. The van der Waals surface area contributed by atoms with Crippen LogP contribution in [-0.2, 0) is 20.9 Å². The van der Waals surface area contributed by atoms with E-state index in [1.165, 1.54) is 11.1 Å². The lowest BCUT2D eigenvalue weighted by atomic mass is 10.0. The molecule has 0 spiro atoms. The van der Waals surface area contributed by atoms with Crippen LogP contribution in [0.25, 0.3) is 0 Å². The summed E-state index contributed by atoms with van der Waals surface area (Å²) in [5.74, 6) is -0.225. The first-order chi connectivity index (χ1) is 13.7. The molecule has 2 amide bonds. The molecule has 29 heavy (non-hydrogen) atoms. The molecular weight excluding hydrogens is 376 g/mol. The Hall–Kier alpha value is -2.52. The Morgan fingerprint density at radius 2 is 1.93 bits per heavy atom. The minimum atomic E-state index is -0.601. The van der Waals surface area contributed by atoms with Gasteiger partial charge in [0, 0.05) is 12.5 Å². The number of amides is 2. The Bertz CT molecular complexity index is 665. The van der Waals surface area contributed by atoms with E-state index in [0.29, 0.717) is 25.8 Å². The summed E-state index contributed by atoms with van der Waals surface area (Å²) in [6.07, 6.45) is 6.48. The second-order valence-electron chi connectivity index (χ2n) is 8.40. The molecule has 10 heteroatoms. The monoisotopic (exact) mass is 408 g/mol. The molecule has 2 rings (SSSR count). The number of aromatic nitrogens is 4. The van der Waals surface area contributed by atoms with Crippen molar-refractivity contribution in [1.82, 2.24) is 30.8 Å². The standard InChI is InChI=1S/C19H32N6O4/c1-19(2,3)29-18(28)20-11-7-6-10-15(16(26)12-25-22-13-21-24-25)23-17(27)14-8-4-5-9-14/h13-15H,4-12H2,1-3H3,(H,20,28)(H,23,27). The number of carbonyl (C=O) groups is 3. The van der Waals surface area contributed by atoms with Crippen molar-refractivity contribution in [2.75, 3.05) is 6.54 Å². The van der Waals surface area contributed by atoms with Crippen LogP contribution in [-0.4, -0.2) is 56.2 Å². The molecular formula is C19H32N6O4. The van der Waals surface area contributed by atoms with E-state index >= 15 is 0 Å². The number of rotatable bonds is 10. The van der Waals surface area contributed by atoms with E-state index in [1.54, 1.807) is 20.8 Å². The van der Waals surface area contributed by atoms with E-state index in [0.717, 1.165) is 25.7 Å². The maximum absolute atomic E-state index is 12.7. The summed E-state index contributed by atoms with van der Waals surface area (Å²) in [7, 11) is 0. The van der Waals surface area contributed by atoms with Gasteiger partial charge in [0.1, 0.15) is 12.1 Å². The molecule has 1 aliphatic rings. The summed E-state index contributed by atoms with van der Waals surface area (Å²) in [6, 6.07) is -0.601. The summed E-state index contributed by atoms with van der Waals surface area (Å²) in [5, 5.41) is 16.8. The zero-order valence-electron chi connectivity index (χ0n) is 17.5. The van der Waals surface area contributed by atoms with Crippen LogP contribution >= 0.6 is 0 Å². The highest BCUT2D eigenvalue weighted by molar-refractivity contribution is 5.89. The lowest BCUT2D eigenvalue weighted by Gasteiger charge is -2.20. The van der Waals surface area contributed by atoms with Gasteiger partial charge >= 0.3 is 6.09 Å². The number of Topliss-reactive ketones (excluding diaryl/α,β-unsaturated/α-hetero) is 1. The molecule has 10 nitrogen and oxygen atoms in total. The number of ether oxygens (including phenoxy) is 1. The van der Waals surface area contributed by atoms with Crippen LogP contribution in [0.2, 0.25) is 0 Å². The number of ketones is 1. The van der Waals surface area contributed by atoms with E-state index in [9.17, 15) is 14.4 Å². The predicted octanol–water partition coefficient (Wildman–Crippen LogP) is 1.61. The molecule has 162 valence electrons. The summed E-state index contributed by atoms with van der Waals surface area (Å²) < 4.78 is 5.19. The van der Waals surface area contributed by atoms with E-state index in [-0.39, 0.29) is 24.2 Å². The summed E-state index contributed by atoms with van der Waals surface area (Å²) in [6.45, 7) is 5.82. The molecule has 1 heterocycles. The van der Waals surface area contributed by atoms with Crippen LogP contribution in [0.3, 0.4) is 0 Å². The molecule has 2 N–H and O–H groups in total. The van der Waals surface area contributed by atoms with Crippen molar-refractivity contribution in [1.29, 1.82) is 0 Å². The van der Waals surface area contributed by atoms with Gasteiger partial charge in [-0.3, -0.25) is 9.59 Å². The highest BCUT2D eigenvalue weighted by Crippen LogP contribution is 2.25. The van der Waals surface area contributed by atoms with Gasteiger partial charge in [0.2, 0.25) is 5.91 Å². The third-order valence-corrected chi connectivity index (χ3v) is 4.71. The summed E-state index contributed by atoms with van der Waals surface area (Å²) in [5.41, 5.74) is -0.540. The highest BCUT2D eigenvalue weighted by atomic mass is 16.6. The molecule has 1 aromatic rings. The fraction of sp³-hybridized carbons (Fsp3) is 0.789. The number of carbonyl (C=O) groups excluding carboxylic acids is 3. The van der Waals surface area contributed by atoms with E-state index in [4.69, 9.17) is 4.74 Å². The molecule has 0 radical (unpaired) electrons. The molecule has 1 atom stereocenters. The third-order valence-electron chi connectivity index (χ3n) is 4.71. The fourth-order valence-corrected chi connectivity index (χ4v) is 3.28. The van der Waals surface area contributed by atoms with Crippen LogP contribution in [0.15, 0.2) is 6.33 Å². The number of unbranched alkanes of at least 4 members (excludes halogenated alkanes) is 1. The second kappa shape index (κ2) is 10.9. The van der Waals surface area contributed by atoms with Gasteiger partial charge in [-0.1, -0.05) is 12.8 Å².